The number of hydrogen-bond donors (Lipinski definition) is 2. The van der Waals surface area contributed by atoms with Crippen molar-refractivity contribution in [2.75, 3.05) is 24.0 Å². The SMILES string of the molecule is COc1ccc2nc(NC(=O)CSc3nnc(COc4ccc(C(C)(C)C)cc4)n3N)sc2c1. The van der Waals surface area contributed by atoms with Crippen molar-refractivity contribution in [1.82, 2.24) is 19.9 Å². The van der Waals surface area contributed by atoms with Gasteiger partial charge in [0.1, 0.15) is 18.1 Å². The van der Waals surface area contributed by atoms with Crippen LogP contribution < -0.4 is 20.6 Å². The summed E-state index contributed by atoms with van der Waals surface area (Å²) in [7, 11) is 1.61. The van der Waals surface area contributed by atoms with Gasteiger partial charge in [0.2, 0.25) is 11.1 Å². The van der Waals surface area contributed by atoms with Crippen LogP contribution in [-0.4, -0.2) is 38.6 Å². The third-order valence-corrected chi connectivity index (χ3v) is 6.87. The van der Waals surface area contributed by atoms with Gasteiger partial charge in [0.05, 0.1) is 23.1 Å². The predicted molar refractivity (Wildman–Crippen MR) is 135 cm³/mol. The third-order valence-electron chi connectivity index (χ3n) is 5.00. The molecule has 1 amide bonds. The largest absolute Gasteiger partial charge is 0.497 e. The Kier molecular flexibility index (Phi) is 6.94. The number of nitrogen functional groups attached to an aromatic ring is 1. The number of hydrogen-bond acceptors (Lipinski definition) is 9. The zero-order valence-electron chi connectivity index (χ0n) is 19.4. The van der Waals surface area contributed by atoms with Gasteiger partial charge in [-0.2, -0.15) is 0 Å². The van der Waals surface area contributed by atoms with Gasteiger partial charge in [-0.3, -0.25) is 4.79 Å². The van der Waals surface area contributed by atoms with Crippen LogP contribution in [0.3, 0.4) is 0 Å². The number of ether oxygens (including phenoxy) is 2. The van der Waals surface area contributed by atoms with Crippen LogP contribution in [0, 0.1) is 0 Å². The molecule has 2 aromatic carbocycles. The number of fused-ring (bicyclic) bond motifs is 1. The van der Waals surface area contributed by atoms with Crippen molar-refractivity contribution in [2.45, 2.75) is 37.9 Å². The summed E-state index contributed by atoms with van der Waals surface area (Å²) >= 11 is 2.57. The molecule has 0 atom stereocenters. The summed E-state index contributed by atoms with van der Waals surface area (Å²) in [5, 5.41) is 11.9. The molecule has 0 radical (unpaired) electrons. The van der Waals surface area contributed by atoms with E-state index in [9.17, 15) is 4.79 Å². The molecule has 4 rings (SSSR count). The molecule has 0 aliphatic heterocycles. The molecule has 0 unspecified atom stereocenters. The Bertz CT molecular complexity index is 1290. The molecule has 4 aromatic rings. The van der Waals surface area contributed by atoms with Gasteiger partial charge in [-0.05, 0) is 41.3 Å². The first-order valence-corrected chi connectivity index (χ1v) is 12.3. The Hall–Kier alpha value is -3.31. The third kappa shape index (κ3) is 5.60. The highest BCUT2D eigenvalue weighted by molar-refractivity contribution is 7.99. The number of nitrogens with zero attached hydrogens (tertiary/aromatic N) is 4. The topological polar surface area (TPSA) is 117 Å². The molecule has 0 aliphatic carbocycles. The number of thiazole rings is 1. The van der Waals surface area contributed by atoms with Gasteiger partial charge in [-0.1, -0.05) is 56.0 Å². The van der Waals surface area contributed by atoms with Crippen molar-refractivity contribution in [3.63, 3.8) is 0 Å². The lowest BCUT2D eigenvalue weighted by Gasteiger charge is -2.19. The van der Waals surface area contributed by atoms with Crippen molar-refractivity contribution in [2.24, 2.45) is 0 Å². The van der Waals surface area contributed by atoms with Gasteiger partial charge < -0.3 is 20.6 Å². The van der Waals surface area contributed by atoms with Crippen molar-refractivity contribution in [3.8, 4) is 11.5 Å². The summed E-state index contributed by atoms with van der Waals surface area (Å²) in [6, 6.07) is 13.5. The molecule has 0 aliphatic rings. The number of nitrogens with one attached hydrogen (secondary N) is 1. The number of benzene rings is 2. The summed E-state index contributed by atoms with van der Waals surface area (Å²) in [5.41, 5.74) is 2.10. The van der Waals surface area contributed by atoms with Gasteiger partial charge in [0.15, 0.2) is 11.0 Å². The fourth-order valence-corrected chi connectivity index (χ4v) is 4.66. The van der Waals surface area contributed by atoms with E-state index >= 15 is 0 Å². The summed E-state index contributed by atoms with van der Waals surface area (Å²) in [4.78, 5) is 16.8. The van der Waals surface area contributed by atoms with Gasteiger partial charge >= 0.3 is 0 Å². The quantitative estimate of drug-likeness (QED) is 0.274. The summed E-state index contributed by atoms with van der Waals surface area (Å²) < 4.78 is 13.3. The molecular formula is C23H26N6O3S2. The molecule has 9 nitrogen and oxygen atoms in total. The van der Waals surface area contributed by atoms with Crippen LogP contribution in [0.4, 0.5) is 5.13 Å². The lowest BCUT2D eigenvalue weighted by atomic mass is 9.87. The maximum atomic E-state index is 12.4. The highest BCUT2D eigenvalue weighted by atomic mass is 32.2. The summed E-state index contributed by atoms with van der Waals surface area (Å²) in [6.07, 6.45) is 0. The fourth-order valence-electron chi connectivity index (χ4n) is 3.07. The number of anilines is 1. The first-order chi connectivity index (χ1) is 16.2. The fraction of sp³-hybridized carbons (Fsp3) is 0.304. The number of aromatic nitrogens is 4. The lowest BCUT2D eigenvalue weighted by Crippen LogP contribution is -2.18. The van der Waals surface area contributed by atoms with Crippen LogP contribution in [0.25, 0.3) is 10.2 Å². The number of thioether (sulfide) groups is 1. The van der Waals surface area contributed by atoms with Crippen LogP contribution >= 0.6 is 23.1 Å². The number of carbonyl (C=O) groups is 1. The zero-order valence-corrected chi connectivity index (χ0v) is 21.0. The van der Waals surface area contributed by atoms with E-state index in [2.05, 4.69) is 41.3 Å². The maximum Gasteiger partial charge on any atom is 0.236 e. The number of carbonyl (C=O) groups excluding carboxylic acids is 1. The number of methoxy groups -OCH3 is 1. The zero-order chi connectivity index (χ0) is 24.3. The molecular weight excluding hydrogens is 472 g/mol. The lowest BCUT2D eigenvalue weighted by molar-refractivity contribution is -0.113. The summed E-state index contributed by atoms with van der Waals surface area (Å²) in [6.45, 7) is 6.65. The molecule has 3 N–H and O–H groups in total. The molecule has 0 spiro atoms. The van der Waals surface area contributed by atoms with Crippen molar-refractivity contribution in [3.05, 3.63) is 53.9 Å². The van der Waals surface area contributed by atoms with Crippen LogP contribution in [-0.2, 0) is 16.8 Å². The normalized spacial score (nSPS) is 11.5. The van der Waals surface area contributed by atoms with E-state index in [-0.39, 0.29) is 23.7 Å². The first kappa shape index (κ1) is 23.8. The molecule has 0 saturated carbocycles. The molecule has 0 saturated heterocycles. The standard InChI is InChI=1S/C23H26N6O3S2/c1-23(2,3)14-5-7-15(8-6-14)32-12-19-27-28-22(29(19)24)33-13-20(30)26-21-25-17-10-9-16(31-4)11-18(17)34-21/h5-11H,12-13,24H2,1-4H3,(H,25,26,30). The van der Waals surface area contributed by atoms with Crippen LogP contribution in [0.1, 0.15) is 32.2 Å². The van der Waals surface area contributed by atoms with E-state index in [0.717, 1.165) is 21.7 Å². The minimum Gasteiger partial charge on any atom is -0.497 e. The van der Waals surface area contributed by atoms with Gasteiger partial charge in [0.25, 0.3) is 0 Å². The van der Waals surface area contributed by atoms with E-state index in [1.807, 2.05) is 42.5 Å². The van der Waals surface area contributed by atoms with Gasteiger partial charge in [-0.15, -0.1) is 10.2 Å². The highest BCUT2D eigenvalue weighted by Crippen LogP contribution is 2.29. The predicted octanol–water partition coefficient (Wildman–Crippen LogP) is 4.22. The molecule has 2 aromatic heterocycles. The molecule has 34 heavy (non-hydrogen) atoms. The average Bonchev–Trinajstić information content (AvgIpc) is 3.37. The van der Waals surface area contributed by atoms with E-state index in [4.69, 9.17) is 15.3 Å². The molecule has 0 bridgehead atoms. The van der Waals surface area contributed by atoms with E-state index in [0.29, 0.717) is 16.1 Å². The molecule has 11 heteroatoms. The van der Waals surface area contributed by atoms with Gasteiger partial charge in [0, 0.05) is 0 Å². The number of rotatable bonds is 8. The maximum absolute atomic E-state index is 12.4. The van der Waals surface area contributed by atoms with E-state index in [1.54, 1.807) is 7.11 Å². The van der Waals surface area contributed by atoms with Gasteiger partial charge in [-0.25, -0.2) is 9.66 Å². The number of amides is 1. The monoisotopic (exact) mass is 498 g/mol. The van der Waals surface area contributed by atoms with Crippen molar-refractivity contribution < 1.29 is 14.3 Å². The Balaban J connectivity index is 1.30. The first-order valence-electron chi connectivity index (χ1n) is 10.5. The number of nitrogens with two attached hydrogens (primary N) is 1. The van der Waals surface area contributed by atoms with Crippen molar-refractivity contribution in [1.29, 1.82) is 0 Å². The minimum atomic E-state index is -0.212. The Morgan fingerprint density at radius 3 is 2.59 bits per heavy atom. The Labute approximate surface area is 205 Å². The van der Waals surface area contributed by atoms with Crippen molar-refractivity contribution >= 4 is 44.4 Å². The molecule has 178 valence electrons. The second-order valence-electron chi connectivity index (χ2n) is 8.52. The second-order valence-corrected chi connectivity index (χ2v) is 10.5. The molecule has 2 heterocycles. The van der Waals surface area contributed by atoms with E-state index < -0.39 is 0 Å². The second kappa shape index (κ2) is 9.90. The highest BCUT2D eigenvalue weighted by Gasteiger charge is 2.16. The Morgan fingerprint density at radius 1 is 1.15 bits per heavy atom. The van der Waals surface area contributed by atoms with Crippen LogP contribution in [0.2, 0.25) is 0 Å². The van der Waals surface area contributed by atoms with Crippen LogP contribution in [0.15, 0.2) is 47.6 Å². The Morgan fingerprint density at radius 2 is 1.88 bits per heavy atom. The minimum absolute atomic E-state index is 0.0783. The van der Waals surface area contributed by atoms with E-state index in [1.165, 1.54) is 33.3 Å². The van der Waals surface area contributed by atoms with Crippen LogP contribution in [0.5, 0.6) is 11.5 Å². The summed E-state index contributed by atoms with van der Waals surface area (Å²) in [5.74, 6) is 7.93. The smallest absolute Gasteiger partial charge is 0.236 e. The molecule has 0 fully saturated rings. The average molecular weight is 499 g/mol.